The van der Waals surface area contributed by atoms with Crippen molar-refractivity contribution in [3.63, 3.8) is 0 Å². The Hall–Kier alpha value is -0.900. The van der Waals surface area contributed by atoms with Crippen molar-refractivity contribution >= 4 is 10.1 Å². The van der Waals surface area contributed by atoms with Gasteiger partial charge in [0.25, 0.3) is 5.56 Å². The number of benzene rings is 1. The van der Waals surface area contributed by atoms with E-state index in [0.29, 0.717) is 11.3 Å². The van der Waals surface area contributed by atoms with Gasteiger partial charge in [-0.1, -0.05) is 18.2 Å². The monoisotopic (exact) mass is 333 g/mol. The Morgan fingerprint density at radius 2 is 1.82 bits per heavy atom. The van der Waals surface area contributed by atoms with Crippen LogP contribution in [-0.2, 0) is 23.7 Å². The normalized spacial score (nSPS) is 11.2. The van der Waals surface area contributed by atoms with E-state index < -0.39 is 16.0 Å². The number of para-hydroxylation sites is 1. The van der Waals surface area contributed by atoms with Crippen molar-refractivity contribution < 1.29 is 42.5 Å². The molecule has 0 saturated heterocycles. The van der Waals surface area contributed by atoms with E-state index in [4.69, 9.17) is 0 Å². The van der Waals surface area contributed by atoms with Crippen LogP contribution in [0.1, 0.15) is 11.3 Å². The second kappa shape index (κ2) is 7.58. The molecule has 0 fully saturated rings. The molecule has 9 heteroatoms. The van der Waals surface area contributed by atoms with Gasteiger partial charge in [-0.15, -0.1) is 0 Å². The minimum Gasteiger partial charge on any atom is -0.747 e. The fourth-order valence-corrected chi connectivity index (χ4v) is 2.48. The Bertz CT molecular complexity index is 797. The first kappa shape index (κ1) is 19.1. The summed E-state index contributed by atoms with van der Waals surface area (Å²) in [7, 11) is -2.60. The first-order chi connectivity index (χ1) is 9.81. The SMILES string of the molecule is Cc1c(CNCS(=O)(=O)[O-])c(=O)n(-c2ccccc2)n1C.[Na+]. The van der Waals surface area contributed by atoms with Crippen LogP contribution in [-0.4, -0.2) is 28.2 Å². The maximum Gasteiger partial charge on any atom is 1.00 e. The molecule has 0 aliphatic rings. The topological polar surface area (TPSA) is 96.2 Å². The molecular weight excluding hydrogens is 317 g/mol. The number of aromatic nitrogens is 2. The number of hydrogen-bond donors (Lipinski definition) is 1. The predicted octanol–water partition coefficient (Wildman–Crippen LogP) is -2.92. The molecule has 1 aromatic carbocycles. The van der Waals surface area contributed by atoms with Crippen molar-refractivity contribution in [1.82, 2.24) is 14.7 Å². The van der Waals surface area contributed by atoms with E-state index in [-0.39, 0.29) is 41.7 Å². The first-order valence-corrected chi connectivity index (χ1v) is 7.86. The van der Waals surface area contributed by atoms with Gasteiger partial charge in [0, 0.05) is 19.3 Å². The molecule has 0 atom stereocenters. The van der Waals surface area contributed by atoms with Crippen LogP contribution in [0.15, 0.2) is 35.1 Å². The van der Waals surface area contributed by atoms with Gasteiger partial charge >= 0.3 is 29.6 Å². The summed E-state index contributed by atoms with van der Waals surface area (Å²) in [6.07, 6.45) is 0. The van der Waals surface area contributed by atoms with Crippen LogP contribution in [0.3, 0.4) is 0 Å². The molecular formula is C13H16N3NaO4S. The molecule has 0 unspecified atom stereocenters. The van der Waals surface area contributed by atoms with Gasteiger partial charge in [0.05, 0.1) is 17.1 Å². The fourth-order valence-electron chi connectivity index (χ4n) is 2.13. The third kappa shape index (κ3) is 4.31. The standard InChI is InChI=1S/C13H17N3O4S.Na/c1-10-12(8-14-9-21(18,19)20)13(17)16(15(10)2)11-6-4-3-5-7-11;/h3-7,14H,8-9H2,1-2H3,(H,18,19,20);/q;+1/p-1. The Morgan fingerprint density at radius 1 is 1.23 bits per heavy atom. The zero-order valence-electron chi connectivity index (χ0n) is 12.7. The summed E-state index contributed by atoms with van der Waals surface area (Å²) in [6.45, 7) is 1.79. The molecule has 22 heavy (non-hydrogen) atoms. The summed E-state index contributed by atoms with van der Waals surface area (Å²) in [5.41, 5.74) is 1.62. The average molecular weight is 333 g/mol. The smallest absolute Gasteiger partial charge is 0.747 e. The summed E-state index contributed by atoms with van der Waals surface area (Å²) in [6, 6.07) is 9.12. The van der Waals surface area contributed by atoms with E-state index in [2.05, 4.69) is 5.32 Å². The zero-order chi connectivity index (χ0) is 15.6. The Morgan fingerprint density at radius 3 is 2.36 bits per heavy atom. The summed E-state index contributed by atoms with van der Waals surface area (Å²) >= 11 is 0. The number of nitrogens with one attached hydrogen (secondary N) is 1. The molecule has 2 rings (SSSR count). The van der Waals surface area contributed by atoms with Crippen molar-refractivity contribution in [2.45, 2.75) is 13.5 Å². The maximum absolute atomic E-state index is 12.4. The van der Waals surface area contributed by atoms with Crippen LogP contribution in [0, 0.1) is 6.92 Å². The number of rotatable bonds is 5. The summed E-state index contributed by atoms with van der Waals surface area (Å²) in [5.74, 6) is -0.702. The minimum atomic E-state index is -4.35. The van der Waals surface area contributed by atoms with Gasteiger partial charge in [0.15, 0.2) is 0 Å². The number of hydrogen-bond acceptors (Lipinski definition) is 5. The Labute approximate surface area is 151 Å². The minimum absolute atomic E-state index is 0. The van der Waals surface area contributed by atoms with Crippen LogP contribution in [0.4, 0.5) is 0 Å². The third-order valence-corrected chi connectivity index (χ3v) is 3.81. The van der Waals surface area contributed by atoms with Gasteiger partial charge in [-0.2, -0.15) is 0 Å². The average Bonchev–Trinajstić information content (AvgIpc) is 2.62. The zero-order valence-corrected chi connectivity index (χ0v) is 15.6. The third-order valence-electron chi connectivity index (χ3n) is 3.25. The van der Waals surface area contributed by atoms with Crippen molar-refractivity contribution in [2.24, 2.45) is 7.05 Å². The van der Waals surface area contributed by atoms with Crippen molar-refractivity contribution in [1.29, 1.82) is 0 Å². The summed E-state index contributed by atoms with van der Waals surface area (Å²) in [4.78, 5) is 12.4. The van der Waals surface area contributed by atoms with Crippen molar-refractivity contribution in [3.05, 3.63) is 51.9 Å². The molecule has 0 saturated carbocycles. The van der Waals surface area contributed by atoms with E-state index in [1.165, 1.54) is 4.68 Å². The van der Waals surface area contributed by atoms with Gasteiger partial charge in [-0.3, -0.25) is 9.48 Å². The largest absolute Gasteiger partial charge is 1.00 e. The molecule has 1 heterocycles. The van der Waals surface area contributed by atoms with Gasteiger partial charge in [-0.05, 0) is 19.1 Å². The Kier molecular flexibility index (Phi) is 6.60. The van der Waals surface area contributed by atoms with Crippen LogP contribution in [0.2, 0.25) is 0 Å². The molecule has 0 bridgehead atoms. The van der Waals surface area contributed by atoms with E-state index in [0.717, 1.165) is 5.69 Å². The van der Waals surface area contributed by atoms with Crippen molar-refractivity contribution in [3.8, 4) is 5.69 Å². The molecule has 0 aliphatic carbocycles. The van der Waals surface area contributed by atoms with E-state index in [1.807, 2.05) is 18.2 Å². The fraction of sp³-hybridized carbons (Fsp3) is 0.308. The van der Waals surface area contributed by atoms with Crippen LogP contribution in [0.25, 0.3) is 5.69 Å². The Balaban J connectivity index is 0.00000242. The predicted molar refractivity (Wildman–Crippen MR) is 77.2 cm³/mol. The molecule has 0 aliphatic heterocycles. The first-order valence-electron chi connectivity index (χ1n) is 6.28. The second-order valence-corrected chi connectivity index (χ2v) is 6.07. The molecule has 114 valence electrons. The van der Waals surface area contributed by atoms with Crippen molar-refractivity contribution in [2.75, 3.05) is 5.88 Å². The van der Waals surface area contributed by atoms with Gasteiger partial charge in [-0.25, -0.2) is 13.1 Å². The summed E-state index contributed by atoms with van der Waals surface area (Å²) < 4.78 is 34.9. The van der Waals surface area contributed by atoms with Gasteiger partial charge < -0.3 is 9.87 Å². The van der Waals surface area contributed by atoms with Crippen LogP contribution in [0.5, 0.6) is 0 Å². The van der Waals surface area contributed by atoms with E-state index >= 15 is 0 Å². The van der Waals surface area contributed by atoms with Crippen LogP contribution >= 0.6 is 0 Å². The molecule has 1 N–H and O–H groups in total. The summed E-state index contributed by atoms with van der Waals surface area (Å²) in [5, 5.41) is 2.49. The quantitative estimate of drug-likeness (QED) is 0.467. The maximum atomic E-state index is 12.4. The van der Waals surface area contributed by atoms with Gasteiger partial charge in [0.2, 0.25) is 0 Å². The molecule has 1 aromatic heterocycles. The molecule has 7 nitrogen and oxygen atoms in total. The molecule has 0 amide bonds. The number of nitrogens with zero attached hydrogens (tertiary/aromatic N) is 2. The van der Waals surface area contributed by atoms with Gasteiger partial charge in [0.1, 0.15) is 10.1 Å². The molecule has 2 aromatic rings. The second-order valence-electron chi connectivity index (χ2n) is 4.67. The van der Waals surface area contributed by atoms with E-state index in [1.54, 1.807) is 30.8 Å². The molecule has 0 radical (unpaired) electrons. The van der Waals surface area contributed by atoms with E-state index in [9.17, 15) is 17.8 Å². The molecule has 0 spiro atoms. The van der Waals surface area contributed by atoms with Crippen LogP contribution < -0.4 is 40.4 Å².